The van der Waals surface area contributed by atoms with Crippen LogP contribution in [0.15, 0.2) is 0 Å². The van der Waals surface area contributed by atoms with E-state index in [4.69, 9.17) is 37.0 Å². The van der Waals surface area contributed by atoms with E-state index in [-0.39, 0.29) is 25.7 Å². The van der Waals surface area contributed by atoms with Gasteiger partial charge in [-0.3, -0.25) is 37.3 Å². The number of unbranched alkanes of at least 4 members (excludes halogenated alkanes) is 60. The SMILES string of the molecule is CCCCCCCCCCCCCCCCCCCCCCCCC(=O)OC[C@H](COP(=O)(O)OC[C@@H](O)COP(=O)(O)OC[C@@H](COC(=O)CCCCCCCCC(C)CC)OC(=O)CCCCCCCCCCCCCCCCCCCC)OC(=O)CCCCCCCCCCCCCCCCCCCCC(C)CC. The van der Waals surface area contributed by atoms with Crippen LogP contribution in [0, 0.1) is 11.8 Å². The van der Waals surface area contributed by atoms with Crippen LogP contribution in [0.4, 0.5) is 0 Å². The van der Waals surface area contributed by atoms with Crippen molar-refractivity contribution in [2.24, 2.45) is 11.8 Å². The number of carbonyl (C=O) groups is 4. The van der Waals surface area contributed by atoms with Crippen molar-refractivity contribution in [3.8, 4) is 0 Å². The molecule has 0 radical (unpaired) electrons. The fraction of sp³-hybridized carbons (Fsp3) is 0.957. The summed E-state index contributed by atoms with van der Waals surface area (Å²) in [7, 11) is -9.94. The van der Waals surface area contributed by atoms with Gasteiger partial charge in [0.2, 0.25) is 0 Å². The summed E-state index contributed by atoms with van der Waals surface area (Å²) in [5, 5.41) is 10.7. The summed E-state index contributed by atoms with van der Waals surface area (Å²) in [5.74, 6) is -0.495. The highest BCUT2D eigenvalue weighted by atomic mass is 31.2. The summed E-state index contributed by atoms with van der Waals surface area (Å²) < 4.78 is 69.1. The Bertz CT molecular complexity index is 2140. The summed E-state index contributed by atoms with van der Waals surface area (Å²) >= 11 is 0. The Balaban J connectivity index is 5.21. The van der Waals surface area contributed by atoms with Crippen molar-refractivity contribution < 1.29 is 80.2 Å². The Kier molecular flexibility index (Phi) is 82.6. The predicted octanol–water partition coefficient (Wildman–Crippen LogP) is 29.0. The van der Waals surface area contributed by atoms with Gasteiger partial charge in [0.15, 0.2) is 12.2 Å². The van der Waals surface area contributed by atoms with Crippen LogP contribution in [0.1, 0.15) is 504 Å². The molecule has 0 aromatic heterocycles. The van der Waals surface area contributed by atoms with Crippen LogP contribution in [0.5, 0.6) is 0 Å². The van der Waals surface area contributed by atoms with Crippen LogP contribution in [-0.4, -0.2) is 96.7 Å². The third-order valence-corrected chi connectivity index (χ3v) is 24.6. The monoisotopic (exact) mass is 1630 g/mol. The van der Waals surface area contributed by atoms with Gasteiger partial charge in [-0.2, -0.15) is 0 Å². The van der Waals surface area contributed by atoms with Gasteiger partial charge in [0.25, 0.3) is 0 Å². The van der Waals surface area contributed by atoms with E-state index in [1.165, 1.54) is 315 Å². The smallest absolute Gasteiger partial charge is 0.462 e. The molecule has 0 aromatic rings. The van der Waals surface area contributed by atoms with E-state index in [1.54, 1.807) is 0 Å². The highest BCUT2D eigenvalue weighted by Crippen LogP contribution is 2.45. The van der Waals surface area contributed by atoms with Gasteiger partial charge in [-0.05, 0) is 37.5 Å². The zero-order valence-corrected chi connectivity index (χ0v) is 75.8. The first kappa shape index (κ1) is 110. The number of hydrogen-bond donors (Lipinski definition) is 3. The van der Waals surface area contributed by atoms with Crippen LogP contribution >= 0.6 is 15.6 Å². The molecule has 0 amide bonds. The first-order valence-electron chi connectivity index (χ1n) is 48.1. The molecule has 0 saturated carbocycles. The van der Waals surface area contributed by atoms with E-state index in [9.17, 15) is 43.2 Å². The number of aliphatic hydroxyl groups excluding tert-OH is 1. The van der Waals surface area contributed by atoms with Gasteiger partial charge < -0.3 is 33.8 Å². The summed E-state index contributed by atoms with van der Waals surface area (Å²) in [6, 6.07) is 0. The Labute approximate surface area is 689 Å². The lowest BCUT2D eigenvalue weighted by Gasteiger charge is -2.21. The fourth-order valence-corrected chi connectivity index (χ4v) is 16.2. The summed E-state index contributed by atoms with van der Waals surface area (Å²) in [6.07, 6.45) is 79.4. The number of rotatable bonds is 92. The van der Waals surface area contributed by atoms with Gasteiger partial charge in [-0.25, -0.2) is 9.13 Å². The van der Waals surface area contributed by atoms with Gasteiger partial charge in [0, 0.05) is 25.7 Å². The van der Waals surface area contributed by atoms with E-state index in [2.05, 4.69) is 41.5 Å². The number of carbonyl (C=O) groups excluding carboxylic acids is 4. The predicted molar refractivity (Wildman–Crippen MR) is 465 cm³/mol. The van der Waals surface area contributed by atoms with Crippen molar-refractivity contribution in [3.63, 3.8) is 0 Å². The number of phosphoric acid groups is 2. The number of hydrogen-bond acceptors (Lipinski definition) is 15. The molecule has 0 heterocycles. The van der Waals surface area contributed by atoms with E-state index in [0.29, 0.717) is 25.7 Å². The third-order valence-electron chi connectivity index (χ3n) is 22.7. The first-order valence-corrected chi connectivity index (χ1v) is 51.1. The van der Waals surface area contributed by atoms with Crippen LogP contribution in [0.25, 0.3) is 0 Å². The van der Waals surface area contributed by atoms with Crippen molar-refractivity contribution in [2.75, 3.05) is 39.6 Å². The lowest BCUT2D eigenvalue weighted by molar-refractivity contribution is -0.161. The molecule has 4 unspecified atom stereocenters. The quantitative estimate of drug-likeness (QED) is 0.0222. The molecule has 0 bridgehead atoms. The summed E-state index contributed by atoms with van der Waals surface area (Å²) in [4.78, 5) is 73.4. The Hall–Kier alpha value is -1.94. The second kappa shape index (κ2) is 84.1. The minimum Gasteiger partial charge on any atom is -0.462 e. The highest BCUT2D eigenvalue weighted by Gasteiger charge is 2.31. The minimum atomic E-state index is -4.97. The third kappa shape index (κ3) is 83.1. The number of aliphatic hydroxyl groups is 1. The first-order chi connectivity index (χ1) is 54.4. The average Bonchev–Trinajstić information content (AvgIpc) is 0.927. The second-order valence-corrected chi connectivity index (χ2v) is 36.8. The lowest BCUT2D eigenvalue weighted by Crippen LogP contribution is -2.30. The van der Waals surface area contributed by atoms with Gasteiger partial charge in [-0.15, -0.1) is 0 Å². The molecule has 0 spiro atoms. The average molecular weight is 1630 g/mol. The standard InChI is InChI=1S/C93H182O17P2/c1-7-11-13-15-17-19-21-23-25-27-29-30-31-32-37-40-44-48-52-56-63-69-75-90(95)103-81-88(109-92(97)77-71-66-58-54-50-46-42-38-34-33-35-39-43-47-51-55-61-67-73-85(5)9-3)83-107-111(99,100)105-79-87(94)80-106-112(101,102)108-84-89(82-104-91(96)76-70-64-60-59-62-68-74-86(6)10-4)110-93(98)78-72-65-57-53-49-45-41-36-28-26-24-22-20-18-16-14-12-8-2/h85-89,94H,7-84H2,1-6H3,(H,99,100)(H,101,102)/t85?,86?,87-,88-,89-/m1/s1. The van der Waals surface area contributed by atoms with Crippen LogP contribution in [0.2, 0.25) is 0 Å². The van der Waals surface area contributed by atoms with Gasteiger partial charge in [0.05, 0.1) is 26.4 Å². The largest absolute Gasteiger partial charge is 0.472 e. The van der Waals surface area contributed by atoms with Crippen LogP contribution in [0.3, 0.4) is 0 Å². The van der Waals surface area contributed by atoms with Crippen molar-refractivity contribution >= 4 is 39.5 Å². The summed E-state index contributed by atoms with van der Waals surface area (Å²) in [6.45, 7) is 9.74. The molecule has 0 aliphatic heterocycles. The Morgan fingerprint density at radius 2 is 0.429 bits per heavy atom. The number of esters is 4. The Morgan fingerprint density at radius 1 is 0.250 bits per heavy atom. The second-order valence-electron chi connectivity index (χ2n) is 33.9. The van der Waals surface area contributed by atoms with Gasteiger partial charge >= 0.3 is 39.5 Å². The maximum atomic E-state index is 13.2. The minimum absolute atomic E-state index is 0.108. The number of phosphoric ester groups is 2. The molecule has 112 heavy (non-hydrogen) atoms. The zero-order chi connectivity index (χ0) is 82.0. The zero-order valence-electron chi connectivity index (χ0n) is 74.0. The molecular formula is C93H182O17P2. The molecule has 666 valence electrons. The van der Waals surface area contributed by atoms with Crippen LogP contribution < -0.4 is 0 Å². The Morgan fingerprint density at radius 3 is 0.634 bits per heavy atom. The highest BCUT2D eigenvalue weighted by molar-refractivity contribution is 7.47. The maximum absolute atomic E-state index is 13.2. The molecular weight excluding hydrogens is 1450 g/mol. The van der Waals surface area contributed by atoms with Crippen molar-refractivity contribution in [1.82, 2.24) is 0 Å². The van der Waals surface area contributed by atoms with Crippen molar-refractivity contribution in [3.05, 3.63) is 0 Å². The molecule has 17 nitrogen and oxygen atoms in total. The maximum Gasteiger partial charge on any atom is 0.472 e. The molecule has 3 N–H and O–H groups in total. The lowest BCUT2D eigenvalue weighted by atomic mass is 9.99. The normalized spacial score (nSPS) is 14.2. The van der Waals surface area contributed by atoms with E-state index in [1.807, 2.05) is 0 Å². The molecule has 0 aliphatic carbocycles. The summed E-state index contributed by atoms with van der Waals surface area (Å²) in [5.41, 5.74) is 0. The van der Waals surface area contributed by atoms with Gasteiger partial charge in [0.1, 0.15) is 19.3 Å². The topological polar surface area (TPSA) is 237 Å². The van der Waals surface area contributed by atoms with E-state index < -0.39 is 97.5 Å². The van der Waals surface area contributed by atoms with Gasteiger partial charge in [-0.1, -0.05) is 452 Å². The molecule has 0 saturated heterocycles. The van der Waals surface area contributed by atoms with E-state index >= 15 is 0 Å². The number of ether oxygens (including phenoxy) is 4. The van der Waals surface area contributed by atoms with Crippen molar-refractivity contribution in [1.29, 1.82) is 0 Å². The van der Waals surface area contributed by atoms with Crippen LogP contribution in [-0.2, 0) is 65.4 Å². The fourth-order valence-electron chi connectivity index (χ4n) is 14.6. The molecule has 19 heteroatoms. The van der Waals surface area contributed by atoms with E-state index in [0.717, 1.165) is 108 Å². The molecule has 0 aromatic carbocycles. The van der Waals surface area contributed by atoms with Crippen molar-refractivity contribution in [2.45, 2.75) is 522 Å². The molecule has 0 rings (SSSR count). The molecule has 0 aliphatic rings. The molecule has 0 fully saturated rings. The molecule has 7 atom stereocenters.